The predicted molar refractivity (Wildman–Crippen MR) is 100 cm³/mol. The van der Waals surface area contributed by atoms with Gasteiger partial charge in [0.2, 0.25) is 5.91 Å². The van der Waals surface area contributed by atoms with Gasteiger partial charge in [0.1, 0.15) is 0 Å². The van der Waals surface area contributed by atoms with Gasteiger partial charge >= 0.3 is 0 Å². The summed E-state index contributed by atoms with van der Waals surface area (Å²) in [7, 11) is 0. The molecule has 4 aliphatic carbocycles. The van der Waals surface area contributed by atoms with E-state index >= 15 is 0 Å². The maximum atomic E-state index is 12.8. The molecule has 0 atom stereocenters. The summed E-state index contributed by atoms with van der Waals surface area (Å²) in [6.07, 6.45) is 7.37. The largest absolute Gasteiger partial charge is 0.379 e. The quantitative estimate of drug-likeness (QED) is 0.229. The van der Waals surface area contributed by atoms with Gasteiger partial charge in [-0.25, -0.2) is 0 Å². The van der Waals surface area contributed by atoms with Crippen LogP contribution < -0.4 is 5.32 Å². The number of nitrogens with zero attached hydrogens (tertiary/aromatic N) is 3. The van der Waals surface area contributed by atoms with Crippen LogP contribution in [0.1, 0.15) is 38.5 Å². The first-order chi connectivity index (χ1) is 13.2. The molecular formula is C19H32N4O4. The molecule has 0 aromatic heterocycles. The highest BCUT2D eigenvalue weighted by molar-refractivity contribution is 5.83. The molecule has 0 radical (unpaired) electrons. The summed E-state index contributed by atoms with van der Waals surface area (Å²) in [4.78, 5) is 15.4. The minimum atomic E-state index is -0.0730. The number of carbonyl (C=O) groups excluding carboxylic acids is 1. The van der Waals surface area contributed by atoms with Gasteiger partial charge in [-0.05, 0) is 61.8 Å². The van der Waals surface area contributed by atoms with E-state index < -0.39 is 0 Å². The zero-order valence-electron chi connectivity index (χ0n) is 16.1. The summed E-state index contributed by atoms with van der Waals surface area (Å²) in [6, 6.07) is 0. The molecule has 4 rings (SSSR count). The molecule has 1 amide bonds. The first-order valence-electron chi connectivity index (χ1n) is 10.2. The van der Waals surface area contributed by atoms with Crippen LogP contribution in [0.5, 0.6) is 0 Å². The Balaban J connectivity index is 1.17. The van der Waals surface area contributed by atoms with Crippen molar-refractivity contribution in [3.8, 4) is 0 Å². The number of hydrogen-bond donors (Lipinski definition) is 1. The molecule has 4 bridgehead atoms. The van der Waals surface area contributed by atoms with Crippen LogP contribution in [0.4, 0.5) is 0 Å². The topological polar surface area (TPSA) is 106 Å². The van der Waals surface area contributed by atoms with Crippen molar-refractivity contribution >= 4 is 5.91 Å². The molecule has 0 unspecified atom stereocenters. The molecule has 4 aliphatic rings. The van der Waals surface area contributed by atoms with Crippen molar-refractivity contribution in [2.24, 2.45) is 28.3 Å². The van der Waals surface area contributed by atoms with E-state index in [0.29, 0.717) is 52.7 Å². The van der Waals surface area contributed by atoms with Crippen LogP contribution in [0.15, 0.2) is 5.11 Å². The Morgan fingerprint density at radius 3 is 2.00 bits per heavy atom. The molecule has 0 heterocycles. The van der Waals surface area contributed by atoms with Crippen LogP contribution in [0.2, 0.25) is 0 Å². The molecule has 0 aliphatic heterocycles. The fourth-order valence-corrected chi connectivity index (χ4v) is 5.50. The van der Waals surface area contributed by atoms with Gasteiger partial charge in [-0.2, -0.15) is 0 Å². The molecule has 152 valence electrons. The third-order valence-corrected chi connectivity index (χ3v) is 6.19. The lowest BCUT2D eigenvalue weighted by Crippen LogP contribution is -2.53. The number of rotatable bonds is 13. The SMILES string of the molecule is [N-]=[N+]=NCCOCCOCCOCCNC(=O)C12CC3CC(CC(C3)C1)C2. The first-order valence-corrected chi connectivity index (χ1v) is 10.2. The van der Waals surface area contributed by atoms with Gasteiger partial charge < -0.3 is 19.5 Å². The standard InChI is InChI=1S/C19H32N4O4/c20-23-22-2-4-26-6-8-27-7-5-25-3-1-21-18(24)19-12-15-9-16(13-19)11-17(10-15)14-19/h15-17H,1-14H2,(H,21,24). The van der Waals surface area contributed by atoms with Crippen LogP contribution in [-0.4, -0.2) is 58.6 Å². The van der Waals surface area contributed by atoms with Crippen molar-refractivity contribution in [1.82, 2.24) is 5.32 Å². The molecule has 0 aromatic rings. The predicted octanol–water partition coefficient (Wildman–Crippen LogP) is 2.68. The molecule has 27 heavy (non-hydrogen) atoms. The van der Waals surface area contributed by atoms with Crippen LogP contribution in [-0.2, 0) is 19.0 Å². The number of nitrogens with one attached hydrogen (secondary N) is 1. The van der Waals surface area contributed by atoms with E-state index in [4.69, 9.17) is 19.7 Å². The lowest BCUT2D eigenvalue weighted by molar-refractivity contribution is -0.146. The third-order valence-electron chi connectivity index (χ3n) is 6.19. The Kier molecular flexibility index (Phi) is 7.76. The molecule has 0 aromatic carbocycles. The maximum absolute atomic E-state index is 12.8. The second kappa shape index (κ2) is 10.3. The normalized spacial score (nSPS) is 30.9. The zero-order chi connectivity index (χ0) is 19.0. The van der Waals surface area contributed by atoms with Gasteiger partial charge in [-0.3, -0.25) is 4.79 Å². The molecular weight excluding hydrogens is 348 g/mol. The molecule has 0 saturated heterocycles. The average Bonchev–Trinajstić information content (AvgIpc) is 2.64. The summed E-state index contributed by atoms with van der Waals surface area (Å²) in [6.45, 7) is 3.81. The van der Waals surface area contributed by atoms with Crippen molar-refractivity contribution in [1.29, 1.82) is 0 Å². The Hall–Kier alpha value is -1.34. The van der Waals surface area contributed by atoms with E-state index in [1.54, 1.807) is 0 Å². The molecule has 4 saturated carbocycles. The molecule has 8 nitrogen and oxygen atoms in total. The van der Waals surface area contributed by atoms with E-state index in [-0.39, 0.29) is 11.3 Å². The first kappa shape index (κ1) is 20.4. The molecule has 4 fully saturated rings. The Morgan fingerprint density at radius 2 is 1.44 bits per heavy atom. The fraction of sp³-hybridized carbons (Fsp3) is 0.947. The fourth-order valence-electron chi connectivity index (χ4n) is 5.50. The Morgan fingerprint density at radius 1 is 0.926 bits per heavy atom. The molecule has 0 spiro atoms. The number of carbonyl (C=O) groups is 1. The van der Waals surface area contributed by atoms with Crippen molar-refractivity contribution in [2.75, 3.05) is 52.7 Å². The van der Waals surface area contributed by atoms with Gasteiger partial charge in [-0.1, -0.05) is 5.11 Å². The van der Waals surface area contributed by atoms with Gasteiger partial charge in [-0.15, -0.1) is 0 Å². The molecule has 1 N–H and O–H groups in total. The lowest BCUT2D eigenvalue weighted by atomic mass is 9.49. The highest BCUT2D eigenvalue weighted by Crippen LogP contribution is 2.60. The second-order valence-electron chi connectivity index (χ2n) is 8.25. The third kappa shape index (κ3) is 5.82. The average molecular weight is 380 g/mol. The van der Waals surface area contributed by atoms with Gasteiger partial charge in [0.25, 0.3) is 0 Å². The number of ether oxygens (including phenoxy) is 3. The summed E-state index contributed by atoms with van der Waals surface area (Å²) in [5.74, 6) is 2.63. The number of hydrogen-bond acceptors (Lipinski definition) is 5. The minimum absolute atomic E-state index is 0.0730. The minimum Gasteiger partial charge on any atom is -0.379 e. The second-order valence-corrected chi connectivity index (χ2v) is 8.25. The lowest BCUT2D eigenvalue weighted by Gasteiger charge is -2.55. The van der Waals surface area contributed by atoms with E-state index in [2.05, 4.69) is 15.3 Å². The van der Waals surface area contributed by atoms with E-state index in [1.165, 1.54) is 19.3 Å². The maximum Gasteiger partial charge on any atom is 0.226 e. The van der Waals surface area contributed by atoms with Gasteiger partial charge in [0, 0.05) is 23.4 Å². The van der Waals surface area contributed by atoms with Crippen LogP contribution in [0, 0.1) is 23.2 Å². The highest BCUT2D eigenvalue weighted by Gasteiger charge is 2.54. The summed E-state index contributed by atoms with van der Waals surface area (Å²) >= 11 is 0. The summed E-state index contributed by atoms with van der Waals surface area (Å²) in [5, 5.41) is 6.49. The zero-order valence-corrected chi connectivity index (χ0v) is 16.1. The monoisotopic (exact) mass is 380 g/mol. The smallest absolute Gasteiger partial charge is 0.226 e. The van der Waals surface area contributed by atoms with Crippen LogP contribution >= 0.6 is 0 Å². The molecule has 8 heteroatoms. The van der Waals surface area contributed by atoms with E-state index in [0.717, 1.165) is 37.0 Å². The Labute approximate surface area is 160 Å². The van der Waals surface area contributed by atoms with Crippen LogP contribution in [0.3, 0.4) is 0 Å². The summed E-state index contributed by atoms with van der Waals surface area (Å²) < 4.78 is 16.1. The number of azide groups is 1. The highest BCUT2D eigenvalue weighted by atomic mass is 16.5. The number of amides is 1. The van der Waals surface area contributed by atoms with Crippen molar-refractivity contribution in [2.45, 2.75) is 38.5 Å². The summed E-state index contributed by atoms with van der Waals surface area (Å²) in [5.41, 5.74) is 8.04. The van der Waals surface area contributed by atoms with Gasteiger partial charge in [0.05, 0.1) is 39.6 Å². The van der Waals surface area contributed by atoms with E-state index in [1.807, 2.05) is 0 Å². The van der Waals surface area contributed by atoms with Crippen molar-refractivity contribution < 1.29 is 19.0 Å². The van der Waals surface area contributed by atoms with Crippen LogP contribution in [0.25, 0.3) is 10.4 Å². The van der Waals surface area contributed by atoms with Crippen molar-refractivity contribution in [3.63, 3.8) is 0 Å². The Bertz CT molecular complexity index is 501. The van der Waals surface area contributed by atoms with Crippen molar-refractivity contribution in [3.05, 3.63) is 10.4 Å². The van der Waals surface area contributed by atoms with E-state index in [9.17, 15) is 4.79 Å². The van der Waals surface area contributed by atoms with Gasteiger partial charge in [0.15, 0.2) is 0 Å².